The predicted octanol–water partition coefficient (Wildman–Crippen LogP) is 4.09. The Kier molecular flexibility index (Phi) is 5.21. The van der Waals surface area contributed by atoms with E-state index >= 15 is 0 Å². The van der Waals surface area contributed by atoms with Gasteiger partial charge >= 0.3 is 5.63 Å². The number of aryl methyl sites for hydroxylation is 2. The predicted molar refractivity (Wildman–Crippen MR) is 116 cm³/mol. The van der Waals surface area contributed by atoms with Crippen LogP contribution < -0.4 is 5.63 Å². The van der Waals surface area contributed by atoms with Gasteiger partial charge < -0.3 is 8.83 Å². The number of benzene rings is 2. The first-order chi connectivity index (χ1) is 14.1. The number of hydrogen-bond acceptors (Lipinski definition) is 7. The maximum absolute atomic E-state index is 12.3. The second-order valence-corrected chi connectivity index (χ2v) is 10.3. The van der Waals surface area contributed by atoms with Gasteiger partial charge in [0.1, 0.15) is 11.1 Å². The molecule has 156 valence electrons. The van der Waals surface area contributed by atoms with Gasteiger partial charge in [-0.15, -0.1) is 0 Å². The third-order valence-corrected chi connectivity index (χ3v) is 7.60. The van der Waals surface area contributed by atoms with E-state index in [1.54, 1.807) is 6.07 Å². The van der Waals surface area contributed by atoms with Gasteiger partial charge in [0.15, 0.2) is 5.58 Å². The van der Waals surface area contributed by atoms with E-state index in [2.05, 4.69) is 4.98 Å². The van der Waals surface area contributed by atoms with Crippen LogP contribution >= 0.6 is 11.8 Å². The maximum atomic E-state index is 12.3. The van der Waals surface area contributed by atoms with Gasteiger partial charge in [-0.1, -0.05) is 11.8 Å². The van der Waals surface area contributed by atoms with E-state index in [4.69, 9.17) is 8.83 Å². The topological polar surface area (TPSA) is 93.6 Å². The van der Waals surface area contributed by atoms with Crippen LogP contribution in [0.3, 0.4) is 0 Å². The number of aromatic nitrogens is 1. The summed E-state index contributed by atoms with van der Waals surface area (Å²) < 4.78 is 36.9. The van der Waals surface area contributed by atoms with Crippen LogP contribution in [0.4, 0.5) is 0 Å². The normalized spacial score (nSPS) is 12.3. The maximum Gasteiger partial charge on any atom is 0.336 e. The Balaban J connectivity index is 1.66. The van der Waals surface area contributed by atoms with Crippen LogP contribution in [-0.4, -0.2) is 31.8 Å². The molecule has 4 rings (SSSR count). The van der Waals surface area contributed by atoms with E-state index in [1.807, 2.05) is 26.0 Å². The largest absolute Gasteiger partial charge is 0.431 e. The lowest BCUT2D eigenvalue weighted by Crippen LogP contribution is -2.22. The van der Waals surface area contributed by atoms with Gasteiger partial charge in [-0.2, -0.15) is 0 Å². The Morgan fingerprint density at radius 2 is 1.73 bits per heavy atom. The molecule has 0 unspecified atom stereocenters. The molecule has 4 aromatic rings. The summed E-state index contributed by atoms with van der Waals surface area (Å²) in [4.78, 5) is 16.5. The number of sulfonamides is 1. The fourth-order valence-corrected chi connectivity index (χ4v) is 4.81. The quantitative estimate of drug-likeness (QED) is 0.338. The Bertz CT molecular complexity index is 1440. The van der Waals surface area contributed by atoms with Crippen LogP contribution in [-0.2, 0) is 15.8 Å². The first kappa shape index (κ1) is 20.6. The van der Waals surface area contributed by atoms with Crippen molar-refractivity contribution in [2.75, 3.05) is 14.1 Å². The van der Waals surface area contributed by atoms with Crippen LogP contribution in [0.2, 0.25) is 0 Å². The molecule has 0 aliphatic rings. The van der Waals surface area contributed by atoms with Gasteiger partial charge in [-0.3, -0.25) is 0 Å². The number of rotatable bonds is 5. The van der Waals surface area contributed by atoms with Crippen molar-refractivity contribution in [3.8, 4) is 0 Å². The second-order valence-electron chi connectivity index (χ2n) is 7.21. The van der Waals surface area contributed by atoms with E-state index < -0.39 is 15.6 Å². The summed E-state index contributed by atoms with van der Waals surface area (Å²) in [6, 6.07) is 9.95. The van der Waals surface area contributed by atoms with Crippen molar-refractivity contribution in [2.45, 2.75) is 29.7 Å². The average Bonchev–Trinajstić information content (AvgIpc) is 3.09. The monoisotopic (exact) mass is 444 g/mol. The number of oxazole rings is 1. The Labute approximate surface area is 177 Å². The number of thioether (sulfide) groups is 1. The molecule has 0 amide bonds. The molecule has 0 radical (unpaired) electrons. The van der Waals surface area contributed by atoms with Crippen LogP contribution in [0.5, 0.6) is 0 Å². The van der Waals surface area contributed by atoms with E-state index in [0.717, 1.165) is 26.4 Å². The lowest BCUT2D eigenvalue weighted by molar-refractivity contribution is 0.489. The highest BCUT2D eigenvalue weighted by molar-refractivity contribution is 7.98. The minimum atomic E-state index is -3.55. The summed E-state index contributed by atoms with van der Waals surface area (Å²) in [6.45, 7) is 3.98. The summed E-state index contributed by atoms with van der Waals surface area (Å²) >= 11 is 1.33. The smallest absolute Gasteiger partial charge is 0.336 e. The zero-order valence-electron chi connectivity index (χ0n) is 16.9. The van der Waals surface area contributed by atoms with Crippen molar-refractivity contribution in [1.29, 1.82) is 0 Å². The van der Waals surface area contributed by atoms with Crippen molar-refractivity contribution < 1.29 is 17.3 Å². The van der Waals surface area contributed by atoms with Crippen LogP contribution in [0.15, 0.2) is 60.1 Å². The van der Waals surface area contributed by atoms with E-state index in [9.17, 15) is 13.2 Å². The molecule has 0 atom stereocenters. The molecule has 0 N–H and O–H groups in total. The molecule has 7 nitrogen and oxygen atoms in total. The molecule has 2 aromatic carbocycles. The summed E-state index contributed by atoms with van der Waals surface area (Å²) in [5.41, 5.74) is 4.10. The van der Waals surface area contributed by atoms with Crippen molar-refractivity contribution in [3.63, 3.8) is 0 Å². The molecular formula is C21H20N2O5S2. The SMILES string of the molecule is Cc1cc2oc(=O)cc(CSc3nc4cc(S(=O)(=O)N(C)C)ccc4o3)c2cc1C. The second kappa shape index (κ2) is 7.57. The van der Waals surface area contributed by atoms with E-state index in [0.29, 0.717) is 27.7 Å². The first-order valence-electron chi connectivity index (χ1n) is 9.15. The Morgan fingerprint density at radius 3 is 2.47 bits per heavy atom. The standard InChI is InChI=1S/C21H20N2O5S2/c1-12-7-16-14(9-20(24)27-19(16)8-13(12)2)11-29-21-22-17-10-15(5-6-18(17)28-21)30(25,26)23(3)4/h5-10H,11H2,1-4H3. The lowest BCUT2D eigenvalue weighted by atomic mass is 10.0. The van der Waals surface area contributed by atoms with Crippen LogP contribution in [0, 0.1) is 13.8 Å². The zero-order valence-corrected chi connectivity index (χ0v) is 18.6. The third kappa shape index (κ3) is 3.76. The van der Waals surface area contributed by atoms with Gasteiger partial charge in [-0.05, 0) is 60.9 Å². The molecular weight excluding hydrogens is 424 g/mol. The van der Waals surface area contributed by atoms with Crippen LogP contribution in [0.25, 0.3) is 22.1 Å². The van der Waals surface area contributed by atoms with Gasteiger partial charge in [0.2, 0.25) is 10.0 Å². The summed E-state index contributed by atoms with van der Waals surface area (Å²) in [5, 5.41) is 1.27. The van der Waals surface area contributed by atoms with Crippen molar-refractivity contribution in [2.24, 2.45) is 0 Å². The molecule has 0 saturated carbocycles. The fraction of sp³-hybridized carbons (Fsp3) is 0.238. The molecule has 30 heavy (non-hydrogen) atoms. The van der Waals surface area contributed by atoms with Gasteiger partial charge in [0.05, 0.1) is 4.90 Å². The van der Waals surface area contributed by atoms with E-state index in [1.165, 1.54) is 44.1 Å². The Morgan fingerprint density at radius 1 is 1.00 bits per heavy atom. The van der Waals surface area contributed by atoms with Crippen LogP contribution in [0.1, 0.15) is 16.7 Å². The molecule has 2 heterocycles. The Hall–Kier alpha value is -2.62. The first-order valence-corrected chi connectivity index (χ1v) is 11.6. The van der Waals surface area contributed by atoms with Gasteiger partial charge in [0.25, 0.3) is 5.22 Å². The lowest BCUT2D eigenvalue weighted by Gasteiger charge is -2.10. The zero-order chi connectivity index (χ0) is 21.6. The van der Waals surface area contributed by atoms with Crippen molar-refractivity contribution in [3.05, 3.63) is 63.5 Å². The molecule has 0 spiro atoms. The summed E-state index contributed by atoms with van der Waals surface area (Å²) in [5.74, 6) is 0.459. The highest BCUT2D eigenvalue weighted by atomic mass is 32.2. The fourth-order valence-electron chi connectivity index (χ4n) is 3.06. The molecule has 0 fully saturated rings. The minimum absolute atomic E-state index is 0.155. The van der Waals surface area contributed by atoms with Crippen molar-refractivity contribution in [1.82, 2.24) is 9.29 Å². The minimum Gasteiger partial charge on any atom is -0.431 e. The average molecular weight is 445 g/mol. The van der Waals surface area contributed by atoms with E-state index in [-0.39, 0.29) is 4.90 Å². The summed E-state index contributed by atoms with van der Waals surface area (Å²) in [6.07, 6.45) is 0. The number of hydrogen-bond donors (Lipinski definition) is 0. The highest BCUT2D eigenvalue weighted by Crippen LogP contribution is 2.30. The molecule has 0 bridgehead atoms. The molecule has 0 saturated heterocycles. The molecule has 9 heteroatoms. The summed E-state index contributed by atoms with van der Waals surface area (Å²) in [7, 11) is -0.592. The molecule has 0 aliphatic heterocycles. The van der Waals surface area contributed by atoms with Gasteiger partial charge in [-0.25, -0.2) is 22.5 Å². The number of nitrogens with zero attached hydrogens (tertiary/aromatic N) is 2. The molecule has 2 aromatic heterocycles. The molecule has 0 aliphatic carbocycles. The number of fused-ring (bicyclic) bond motifs is 2. The van der Waals surface area contributed by atoms with Crippen molar-refractivity contribution >= 4 is 43.9 Å². The van der Waals surface area contributed by atoms with Gasteiger partial charge in [0, 0.05) is 31.3 Å². The third-order valence-electron chi connectivity index (χ3n) is 4.91. The highest BCUT2D eigenvalue weighted by Gasteiger charge is 2.19.